The number of amides is 2. The summed E-state index contributed by atoms with van der Waals surface area (Å²) in [5, 5.41) is 12.7. The molecule has 0 unspecified atom stereocenters. The minimum absolute atomic E-state index is 0.0680. The zero-order valence-electron chi connectivity index (χ0n) is 12.3. The summed E-state index contributed by atoms with van der Waals surface area (Å²) in [4.78, 5) is 25.7. The summed E-state index contributed by atoms with van der Waals surface area (Å²) in [6, 6.07) is 4.78. The lowest BCUT2D eigenvalue weighted by atomic mass is 10.1. The average Bonchev–Trinajstić information content (AvgIpc) is 3.18. The van der Waals surface area contributed by atoms with E-state index in [0.29, 0.717) is 29.1 Å². The Balaban J connectivity index is 2.21. The highest BCUT2D eigenvalue weighted by atomic mass is 35.5. The molecule has 1 aliphatic rings. The highest BCUT2D eigenvalue weighted by Gasteiger charge is 2.48. The van der Waals surface area contributed by atoms with Gasteiger partial charge in [0.2, 0.25) is 0 Å². The summed E-state index contributed by atoms with van der Waals surface area (Å²) < 4.78 is 0. The van der Waals surface area contributed by atoms with Crippen LogP contribution in [-0.2, 0) is 4.79 Å². The first-order valence-electron chi connectivity index (χ1n) is 6.85. The van der Waals surface area contributed by atoms with Gasteiger partial charge >= 0.3 is 0 Å². The summed E-state index contributed by atoms with van der Waals surface area (Å²) in [6.45, 7) is 3.83. The molecule has 1 aromatic rings. The fraction of sp³-hybridized carbons (Fsp3) is 0.467. The zero-order chi connectivity index (χ0) is 15.8. The van der Waals surface area contributed by atoms with Crippen molar-refractivity contribution in [1.82, 2.24) is 4.90 Å². The molecule has 2 N–H and O–H groups in total. The number of aliphatic hydroxyl groups is 1. The van der Waals surface area contributed by atoms with Crippen molar-refractivity contribution in [2.45, 2.75) is 38.3 Å². The van der Waals surface area contributed by atoms with Gasteiger partial charge in [-0.1, -0.05) is 11.6 Å². The molecule has 1 fully saturated rings. The molecule has 0 atom stereocenters. The third-order valence-corrected chi connectivity index (χ3v) is 4.03. The van der Waals surface area contributed by atoms with E-state index < -0.39 is 11.5 Å². The molecule has 1 saturated carbocycles. The van der Waals surface area contributed by atoms with Gasteiger partial charge in [-0.25, -0.2) is 0 Å². The Bertz CT molecular complexity index is 582. The second-order valence-corrected chi connectivity index (χ2v) is 6.10. The molecular weight excluding hydrogens is 292 g/mol. The number of carbonyl (C=O) groups excluding carboxylic acids is 2. The van der Waals surface area contributed by atoms with Gasteiger partial charge in [-0.05, 0) is 44.9 Å². The van der Waals surface area contributed by atoms with E-state index in [2.05, 4.69) is 5.32 Å². The van der Waals surface area contributed by atoms with E-state index in [1.165, 1.54) is 6.07 Å². The molecule has 114 valence electrons. The fourth-order valence-corrected chi connectivity index (χ4v) is 1.94. The number of nitrogens with one attached hydrogen (secondary N) is 1. The largest absolute Gasteiger partial charge is 0.380 e. The molecule has 2 amide bonds. The summed E-state index contributed by atoms with van der Waals surface area (Å²) in [5.74, 6) is -0.631. The molecule has 6 heteroatoms. The Hall–Kier alpha value is -1.59. The number of hydrogen-bond donors (Lipinski definition) is 2. The highest BCUT2D eigenvalue weighted by Crippen LogP contribution is 2.37. The van der Waals surface area contributed by atoms with Crippen LogP contribution in [0.15, 0.2) is 18.2 Å². The Labute approximate surface area is 128 Å². The van der Waals surface area contributed by atoms with Crippen LogP contribution in [0.4, 0.5) is 5.69 Å². The van der Waals surface area contributed by atoms with Gasteiger partial charge in [-0.2, -0.15) is 0 Å². The molecule has 0 aromatic heterocycles. The van der Waals surface area contributed by atoms with Gasteiger partial charge in [-0.3, -0.25) is 9.59 Å². The smallest absolute Gasteiger partial charge is 0.256 e. The van der Waals surface area contributed by atoms with Crippen molar-refractivity contribution < 1.29 is 14.7 Å². The first kappa shape index (κ1) is 15.8. The molecule has 0 saturated heterocycles. The lowest BCUT2D eigenvalue weighted by molar-refractivity contribution is -0.125. The molecule has 0 heterocycles. The van der Waals surface area contributed by atoms with Crippen molar-refractivity contribution in [1.29, 1.82) is 0 Å². The predicted octanol–water partition coefficient (Wildman–Crippen LogP) is 2.28. The minimum atomic E-state index is -1.28. The molecule has 0 spiro atoms. The van der Waals surface area contributed by atoms with Crippen LogP contribution in [0, 0.1) is 0 Å². The van der Waals surface area contributed by atoms with Crippen molar-refractivity contribution in [3.05, 3.63) is 28.8 Å². The van der Waals surface area contributed by atoms with Crippen molar-refractivity contribution in [3.63, 3.8) is 0 Å². The van der Waals surface area contributed by atoms with Crippen molar-refractivity contribution in [2.75, 3.05) is 12.4 Å². The van der Waals surface area contributed by atoms with Gasteiger partial charge in [0.05, 0.1) is 10.7 Å². The van der Waals surface area contributed by atoms with E-state index in [4.69, 9.17) is 11.6 Å². The summed E-state index contributed by atoms with van der Waals surface area (Å²) in [7, 11) is 1.72. The quantitative estimate of drug-likeness (QED) is 0.896. The molecule has 2 rings (SSSR count). The third kappa shape index (κ3) is 3.36. The van der Waals surface area contributed by atoms with Crippen LogP contribution in [0.3, 0.4) is 0 Å². The Morgan fingerprint density at radius 2 is 2.00 bits per heavy atom. The van der Waals surface area contributed by atoms with Crippen LogP contribution in [-0.4, -0.2) is 40.5 Å². The van der Waals surface area contributed by atoms with Crippen molar-refractivity contribution in [2.24, 2.45) is 0 Å². The molecule has 5 nitrogen and oxygen atoms in total. The van der Waals surface area contributed by atoms with E-state index in [1.54, 1.807) is 24.1 Å². The number of carbonyl (C=O) groups is 2. The normalized spacial score (nSPS) is 15.7. The van der Waals surface area contributed by atoms with Crippen LogP contribution in [0.25, 0.3) is 0 Å². The van der Waals surface area contributed by atoms with Crippen molar-refractivity contribution >= 4 is 29.1 Å². The Kier molecular flexibility index (Phi) is 4.25. The van der Waals surface area contributed by atoms with Gasteiger partial charge in [0.15, 0.2) is 0 Å². The van der Waals surface area contributed by atoms with Crippen LogP contribution in [0.5, 0.6) is 0 Å². The first-order chi connectivity index (χ1) is 9.74. The number of hydrogen-bond acceptors (Lipinski definition) is 3. The predicted molar refractivity (Wildman–Crippen MR) is 81.5 cm³/mol. The monoisotopic (exact) mass is 310 g/mol. The summed E-state index contributed by atoms with van der Waals surface area (Å²) in [6.07, 6.45) is 0.899. The summed E-state index contributed by atoms with van der Waals surface area (Å²) in [5.41, 5.74) is -0.503. The third-order valence-electron chi connectivity index (χ3n) is 3.70. The van der Waals surface area contributed by atoms with E-state index in [9.17, 15) is 14.7 Å². The van der Waals surface area contributed by atoms with E-state index in [0.717, 1.165) is 0 Å². The molecule has 0 radical (unpaired) electrons. The second-order valence-electron chi connectivity index (χ2n) is 5.69. The van der Waals surface area contributed by atoms with Crippen LogP contribution >= 0.6 is 11.6 Å². The highest BCUT2D eigenvalue weighted by molar-refractivity contribution is 6.34. The SMILES string of the molecule is CC(C)N(C)C(=O)c1ccc(Cl)c(NC(=O)C2(O)CC2)c1. The Morgan fingerprint density at radius 1 is 1.38 bits per heavy atom. The molecule has 1 aromatic carbocycles. The van der Waals surface area contributed by atoms with E-state index in [-0.39, 0.29) is 11.9 Å². The standard InChI is InChI=1S/C15H19ClN2O3/c1-9(2)18(3)13(19)10-4-5-11(16)12(8-10)17-14(20)15(21)6-7-15/h4-5,8-9,21H,6-7H2,1-3H3,(H,17,20). The van der Waals surface area contributed by atoms with Gasteiger partial charge in [0, 0.05) is 18.7 Å². The van der Waals surface area contributed by atoms with Crippen LogP contribution in [0.1, 0.15) is 37.0 Å². The maximum Gasteiger partial charge on any atom is 0.256 e. The maximum absolute atomic E-state index is 12.3. The van der Waals surface area contributed by atoms with Gasteiger partial charge in [0.1, 0.15) is 5.60 Å². The van der Waals surface area contributed by atoms with Crippen LogP contribution < -0.4 is 5.32 Å². The zero-order valence-corrected chi connectivity index (χ0v) is 13.1. The van der Waals surface area contributed by atoms with Gasteiger partial charge in [-0.15, -0.1) is 0 Å². The molecular formula is C15H19ClN2O3. The maximum atomic E-state index is 12.3. The van der Waals surface area contributed by atoms with Gasteiger partial charge < -0.3 is 15.3 Å². The number of halogens is 1. The number of benzene rings is 1. The lowest BCUT2D eigenvalue weighted by Crippen LogP contribution is -2.33. The summed E-state index contributed by atoms with van der Waals surface area (Å²) >= 11 is 6.04. The molecule has 0 aliphatic heterocycles. The topological polar surface area (TPSA) is 69.6 Å². The van der Waals surface area contributed by atoms with E-state index >= 15 is 0 Å². The fourth-order valence-electron chi connectivity index (χ4n) is 1.78. The first-order valence-corrected chi connectivity index (χ1v) is 7.23. The Morgan fingerprint density at radius 3 is 2.52 bits per heavy atom. The average molecular weight is 311 g/mol. The number of anilines is 1. The molecule has 1 aliphatic carbocycles. The van der Waals surface area contributed by atoms with Crippen molar-refractivity contribution in [3.8, 4) is 0 Å². The molecule has 0 bridgehead atoms. The van der Waals surface area contributed by atoms with E-state index in [1.807, 2.05) is 13.8 Å². The minimum Gasteiger partial charge on any atom is -0.380 e. The number of rotatable bonds is 4. The van der Waals surface area contributed by atoms with Gasteiger partial charge in [0.25, 0.3) is 11.8 Å². The second kappa shape index (κ2) is 5.66. The lowest BCUT2D eigenvalue weighted by Gasteiger charge is -2.22. The van der Waals surface area contributed by atoms with Crippen LogP contribution in [0.2, 0.25) is 5.02 Å². The molecule has 21 heavy (non-hydrogen) atoms. The number of nitrogens with zero attached hydrogens (tertiary/aromatic N) is 1.